The molecule has 2 heterocycles. The van der Waals surface area contributed by atoms with Crippen LogP contribution in [0.4, 0.5) is 10.1 Å². The minimum atomic E-state index is -0.277. The minimum Gasteiger partial charge on any atom is -0.461 e. The van der Waals surface area contributed by atoms with E-state index in [4.69, 9.17) is 8.94 Å². The molecule has 5 nitrogen and oxygen atoms in total. The molecule has 6 heteroatoms. The van der Waals surface area contributed by atoms with Crippen molar-refractivity contribution < 1.29 is 13.3 Å². The Kier molecular flexibility index (Phi) is 3.20. The van der Waals surface area contributed by atoms with Crippen molar-refractivity contribution in [2.24, 2.45) is 0 Å². The quantitative estimate of drug-likeness (QED) is 0.786. The second kappa shape index (κ2) is 5.16. The first-order chi connectivity index (χ1) is 9.72. The zero-order valence-electron chi connectivity index (χ0n) is 10.7. The third-order valence-corrected chi connectivity index (χ3v) is 2.78. The lowest BCUT2D eigenvalue weighted by molar-refractivity contribution is 0.367. The van der Waals surface area contributed by atoms with Crippen molar-refractivity contribution in [3.63, 3.8) is 0 Å². The molecule has 1 unspecified atom stereocenters. The maximum Gasteiger partial charge on any atom is 0.249 e. The fourth-order valence-electron chi connectivity index (χ4n) is 1.77. The number of nitrogens with one attached hydrogen (secondary N) is 1. The van der Waals surface area contributed by atoms with Gasteiger partial charge in [-0.15, -0.1) is 0 Å². The van der Waals surface area contributed by atoms with E-state index in [0.29, 0.717) is 17.5 Å². The molecule has 3 rings (SSSR count). The summed E-state index contributed by atoms with van der Waals surface area (Å²) in [6.45, 7) is 1.88. The number of anilines is 1. The van der Waals surface area contributed by atoms with E-state index in [9.17, 15) is 4.39 Å². The molecule has 102 valence electrons. The Bertz CT molecular complexity index is 677. The molecule has 0 bridgehead atoms. The molecule has 0 saturated carbocycles. The van der Waals surface area contributed by atoms with Crippen LogP contribution in [0.2, 0.25) is 0 Å². The van der Waals surface area contributed by atoms with E-state index < -0.39 is 0 Å². The third-order valence-electron chi connectivity index (χ3n) is 2.78. The molecule has 1 aromatic carbocycles. The van der Waals surface area contributed by atoms with E-state index in [1.54, 1.807) is 30.5 Å². The SMILES string of the molecule is CC(Nc1ccc(F)cc1)c1nc(-c2ccco2)no1. The van der Waals surface area contributed by atoms with Crippen molar-refractivity contribution in [1.29, 1.82) is 0 Å². The molecule has 0 radical (unpaired) electrons. The molecule has 0 aliphatic carbocycles. The highest BCUT2D eigenvalue weighted by molar-refractivity contribution is 5.46. The second-order valence-electron chi connectivity index (χ2n) is 4.31. The molecule has 20 heavy (non-hydrogen) atoms. The van der Waals surface area contributed by atoms with Crippen molar-refractivity contribution in [2.75, 3.05) is 5.32 Å². The van der Waals surface area contributed by atoms with Gasteiger partial charge in [-0.2, -0.15) is 4.98 Å². The first kappa shape index (κ1) is 12.4. The molecule has 3 aromatic rings. The summed E-state index contributed by atoms with van der Waals surface area (Å²) in [7, 11) is 0. The van der Waals surface area contributed by atoms with Gasteiger partial charge >= 0.3 is 0 Å². The molecule has 0 fully saturated rings. The van der Waals surface area contributed by atoms with Gasteiger partial charge in [0.1, 0.15) is 11.9 Å². The summed E-state index contributed by atoms with van der Waals surface area (Å²) in [5.74, 6) is 1.11. The van der Waals surface area contributed by atoms with Gasteiger partial charge in [0.2, 0.25) is 11.7 Å². The first-order valence-corrected chi connectivity index (χ1v) is 6.12. The molecule has 0 amide bonds. The zero-order chi connectivity index (χ0) is 13.9. The topological polar surface area (TPSA) is 64.1 Å². The Labute approximate surface area is 114 Å². The van der Waals surface area contributed by atoms with Crippen LogP contribution in [0.25, 0.3) is 11.6 Å². The molecule has 1 atom stereocenters. The van der Waals surface area contributed by atoms with Gasteiger partial charge in [0.15, 0.2) is 5.76 Å². The van der Waals surface area contributed by atoms with Gasteiger partial charge in [-0.1, -0.05) is 5.16 Å². The number of nitrogens with zero attached hydrogens (tertiary/aromatic N) is 2. The Morgan fingerprint density at radius 2 is 2.00 bits per heavy atom. The maximum absolute atomic E-state index is 12.8. The van der Waals surface area contributed by atoms with Crippen LogP contribution in [-0.4, -0.2) is 10.1 Å². The Balaban J connectivity index is 1.74. The summed E-state index contributed by atoms with van der Waals surface area (Å²) < 4.78 is 23.2. The fourth-order valence-corrected chi connectivity index (χ4v) is 1.77. The largest absolute Gasteiger partial charge is 0.461 e. The van der Waals surface area contributed by atoms with Gasteiger partial charge in [-0.25, -0.2) is 4.39 Å². The van der Waals surface area contributed by atoms with Crippen LogP contribution < -0.4 is 5.32 Å². The van der Waals surface area contributed by atoms with E-state index in [-0.39, 0.29) is 11.9 Å². The summed E-state index contributed by atoms with van der Waals surface area (Å²) in [4.78, 5) is 4.26. The third kappa shape index (κ3) is 2.54. The standard InChI is InChI=1S/C14H12FN3O2/c1-9(16-11-6-4-10(15)5-7-11)14-17-13(18-20-14)12-3-2-8-19-12/h2-9,16H,1H3. The normalized spacial score (nSPS) is 12.3. The summed E-state index contributed by atoms with van der Waals surface area (Å²) in [5, 5.41) is 7.01. The number of aromatic nitrogens is 2. The van der Waals surface area contributed by atoms with E-state index in [2.05, 4.69) is 15.5 Å². The number of hydrogen-bond donors (Lipinski definition) is 1. The highest BCUT2D eigenvalue weighted by atomic mass is 19.1. The van der Waals surface area contributed by atoms with Gasteiger partial charge in [-0.3, -0.25) is 0 Å². The van der Waals surface area contributed by atoms with Crippen molar-refractivity contribution >= 4 is 5.69 Å². The van der Waals surface area contributed by atoms with E-state index in [1.165, 1.54) is 12.1 Å². The van der Waals surface area contributed by atoms with Crippen LogP contribution >= 0.6 is 0 Å². The van der Waals surface area contributed by atoms with E-state index >= 15 is 0 Å². The van der Waals surface area contributed by atoms with Gasteiger partial charge in [0.05, 0.1) is 6.26 Å². The number of rotatable bonds is 4. The summed E-state index contributed by atoms with van der Waals surface area (Å²) in [5.41, 5.74) is 0.775. The Morgan fingerprint density at radius 3 is 2.70 bits per heavy atom. The lowest BCUT2D eigenvalue weighted by Gasteiger charge is -2.10. The molecule has 2 aromatic heterocycles. The summed E-state index contributed by atoms with van der Waals surface area (Å²) >= 11 is 0. The molecule has 1 N–H and O–H groups in total. The number of benzene rings is 1. The predicted molar refractivity (Wildman–Crippen MR) is 70.4 cm³/mol. The lowest BCUT2D eigenvalue weighted by atomic mass is 10.2. The number of furan rings is 1. The molecular weight excluding hydrogens is 261 g/mol. The van der Waals surface area contributed by atoms with Crippen LogP contribution in [0.1, 0.15) is 18.9 Å². The molecular formula is C14H12FN3O2. The molecule has 0 aliphatic rings. The van der Waals surface area contributed by atoms with Gasteiger partial charge < -0.3 is 14.3 Å². The predicted octanol–water partition coefficient (Wildman–Crippen LogP) is 3.64. The second-order valence-corrected chi connectivity index (χ2v) is 4.31. The molecule has 0 saturated heterocycles. The molecule has 0 spiro atoms. The van der Waals surface area contributed by atoms with Crippen LogP contribution in [0, 0.1) is 5.82 Å². The lowest BCUT2D eigenvalue weighted by Crippen LogP contribution is -2.06. The fraction of sp³-hybridized carbons (Fsp3) is 0.143. The first-order valence-electron chi connectivity index (χ1n) is 6.12. The smallest absolute Gasteiger partial charge is 0.249 e. The van der Waals surface area contributed by atoms with Crippen molar-refractivity contribution in [3.05, 3.63) is 54.4 Å². The van der Waals surface area contributed by atoms with Crippen molar-refractivity contribution in [1.82, 2.24) is 10.1 Å². The van der Waals surface area contributed by atoms with Crippen molar-refractivity contribution in [2.45, 2.75) is 13.0 Å². The van der Waals surface area contributed by atoms with Crippen LogP contribution in [0.5, 0.6) is 0 Å². The highest BCUT2D eigenvalue weighted by Crippen LogP contribution is 2.21. The van der Waals surface area contributed by atoms with Crippen LogP contribution in [0.15, 0.2) is 51.6 Å². The van der Waals surface area contributed by atoms with Gasteiger partial charge in [0.25, 0.3) is 0 Å². The average molecular weight is 273 g/mol. The average Bonchev–Trinajstić information content (AvgIpc) is 3.11. The van der Waals surface area contributed by atoms with E-state index in [0.717, 1.165) is 5.69 Å². The summed E-state index contributed by atoms with van der Waals surface area (Å²) in [6, 6.07) is 9.38. The monoisotopic (exact) mass is 273 g/mol. The Hall–Kier alpha value is -2.63. The van der Waals surface area contributed by atoms with Crippen LogP contribution in [-0.2, 0) is 0 Å². The molecule has 0 aliphatic heterocycles. The zero-order valence-corrected chi connectivity index (χ0v) is 10.7. The maximum atomic E-state index is 12.8. The van der Waals surface area contributed by atoms with Gasteiger partial charge in [0, 0.05) is 5.69 Å². The number of hydrogen-bond acceptors (Lipinski definition) is 5. The van der Waals surface area contributed by atoms with Crippen molar-refractivity contribution in [3.8, 4) is 11.6 Å². The Morgan fingerprint density at radius 1 is 1.20 bits per heavy atom. The summed E-state index contributed by atoms with van der Waals surface area (Å²) in [6.07, 6.45) is 1.55. The number of halogens is 1. The van der Waals surface area contributed by atoms with E-state index in [1.807, 2.05) is 6.92 Å². The highest BCUT2D eigenvalue weighted by Gasteiger charge is 2.16. The van der Waals surface area contributed by atoms with Crippen LogP contribution in [0.3, 0.4) is 0 Å². The minimum absolute atomic E-state index is 0.198. The van der Waals surface area contributed by atoms with Gasteiger partial charge in [-0.05, 0) is 43.3 Å².